The highest BCUT2D eigenvalue weighted by atomic mass is 16.5. The molecule has 180 valence electrons. The van der Waals surface area contributed by atoms with Gasteiger partial charge in [-0.25, -0.2) is 4.98 Å². The minimum absolute atomic E-state index is 0.0342. The first-order chi connectivity index (χ1) is 16.2. The number of aromatic nitrogens is 1. The summed E-state index contributed by atoms with van der Waals surface area (Å²) in [6.45, 7) is 6.11. The number of amidine groups is 1. The number of fused-ring (bicyclic) bond motifs is 1. The highest BCUT2D eigenvalue weighted by Crippen LogP contribution is 2.30. The third kappa shape index (κ3) is 5.16. The van der Waals surface area contributed by atoms with Crippen LogP contribution in [0.2, 0.25) is 0 Å². The van der Waals surface area contributed by atoms with Gasteiger partial charge in [0.05, 0.1) is 13.2 Å². The lowest BCUT2D eigenvalue weighted by molar-refractivity contribution is -0.119. The van der Waals surface area contributed by atoms with Crippen molar-refractivity contribution in [3.63, 3.8) is 0 Å². The van der Waals surface area contributed by atoms with E-state index in [1.165, 1.54) is 7.05 Å². The molecule has 1 aliphatic rings. The number of nitrogens with zero attached hydrogens (tertiary/aromatic N) is 2. The highest BCUT2D eigenvalue weighted by Gasteiger charge is 2.31. The number of ether oxygens (including phenoxy) is 2. The van der Waals surface area contributed by atoms with Gasteiger partial charge in [-0.05, 0) is 42.7 Å². The molecular weight excluding hydrogens is 438 g/mol. The predicted octanol–water partition coefficient (Wildman–Crippen LogP) is 1.85. The van der Waals surface area contributed by atoms with E-state index in [1.54, 1.807) is 29.2 Å². The van der Waals surface area contributed by atoms with Gasteiger partial charge in [0.2, 0.25) is 0 Å². The number of benzene rings is 1. The number of hydrogen-bond acceptors (Lipinski definition) is 7. The smallest absolute Gasteiger partial charge is 0.273 e. The molecule has 10 heteroatoms. The molecule has 1 aromatic carbocycles. The van der Waals surface area contributed by atoms with E-state index in [2.05, 4.69) is 10.3 Å². The summed E-state index contributed by atoms with van der Waals surface area (Å²) in [5.74, 6) is -0.208. The van der Waals surface area contributed by atoms with Crippen molar-refractivity contribution in [2.75, 3.05) is 26.8 Å². The van der Waals surface area contributed by atoms with E-state index in [-0.39, 0.29) is 36.4 Å². The molecule has 2 aromatic rings. The maximum atomic E-state index is 13.1. The van der Waals surface area contributed by atoms with Crippen molar-refractivity contribution >= 4 is 23.4 Å². The van der Waals surface area contributed by atoms with Crippen LogP contribution in [0.5, 0.6) is 11.5 Å². The lowest BCUT2D eigenvalue weighted by Crippen LogP contribution is -2.30. The first-order valence-corrected chi connectivity index (χ1v) is 11.0. The lowest BCUT2D eigenvalue weighted by Gasteiger charge is -2.18. The van der Waals surface area contributed by atoms with Gasteiger partial charge >= 0.3 is 0 Å². The molecule has 0 atom stereocenters. The summed E-state index contributed by atoms with van der Waals surface area (Å²) in [6, 6.07) is 6.73. The largest absolute Gasteiger partial charge is 0.491 e. The lowest BCUT2D eigenvalue weighted by atomic mass is 9.98. The molecule has 0 saturated heterocycles. The molecule has 2 heterocycles. The van der Waals surface area contributed by atoms with Gasteiger partial charge in [-0.15, -0.1) is 0 Å². The van der Waals surface area contributed by atoms with Crippen LogP contribution in [0.4, 0.5) is 0 Å². The van der Waals surface area contributed by atoms with Crippen LogP contribution in [0.25, 0.3) is 0 Å². The Balaban J connectivity index is 1.82. The first kappa shape index (κ1) is 24.7. The Labute approximate surface area is 197 Å². The molecule has 1 aromatic heterocycles. The minimum Gasteiger partial charge on any atom is -0.491 e. The number of carbonyl (C=O) groups excluding carboxylic acids is 3. The van der Waals surface area contributed by atoms with E-state index in [0.29, 0.717) is 41.5 Å². The van der Waals surface area contributed by atoms with Gasteiger partial charge < -0.3 is 25.4 Å². The fraction of sp³-hybridized carbons (Fsp3) is 0.375. The number of nitrogens with two attached hydrogens (primary N) is 1. The molecular formula is C24H29N5O5. The van der Waals surface area contributed by atoms with Gasteiger partial charge in [-0.3, -0.25) is 19.8 Å². The second-order valence-corrected chi connectivity index (χ2v) is 8.15. The highest BCUT2D eigenvalue weighted by molar-refractivity contribution is 6.05. The normalized spacial score (nSPS) is 12.5. The van der Waals surface area contributed by atoms with Crippen molar-refractivity contribution in [2.24, 2.45) is 5.73 Å². The van der Waals surface area contributed by atoms with E-state index in [0.717, 1.165) is 5.56 Å². The van der Waals surface area contributed by atoms with Crippen molar-refractivity contribution in [3.8, 4) is 11.5 Å². The zero-order valence-electron chi connectivity index (χ0n) is 19.7. The molecule has 0 aliphatic carbocycles. The number of hydrogen-bond donors (Lipinski definition) is 3. The number of carbonyl (C=O) groups is 3. The zero-order chi connectivity index (χ0) is 25.0. The van der Waals surface area contributed by atoms with Gasteiger partial charge in [0.15, 0.2) is 23.8 Å². The van der Waals surface area contributed by atoms with Gasteiger partial charge in [0.1, 0.15) is 17.3 Å². The summed E-state index contributed by atoms with van der Waals surface area (Å²) in [6.07, 6.45) is 0. The SMILES string of the molecule is CCOc1cc2c(nc1C(=O)NC)C(=N)N(CC(=O)c1ccc(OCC(N)=O)c(C(C)C)c1)C2. The van der Waals surface area contributed by atoms with Crippen LogP contribution >= 0.6 is 0 Å². The standard InChI is InChI=1S/C24H29N5O5/c1-5-33-19-9-15-10-29(23(26)21(15)28-22(19)24(32)27-4)11-17(30)14-6-7-18(34-12-20(25)31)16(8-14)13(2)3/h6-9,13,26H,5,10-12H2,1-4H3,(H2,25,31)(H,27,32). The third-order valence-corrected chi connectivity index (χ3v) is 5.37. The Morgan fingerprint density at radius 1 is 1.21 bits per heavy atom. The first-order valence-electron chi connectivity index (χ1n) is 11.0. The molecule has 0 fully saturated rings. The zero-order valence-corrected chi connectivity index (χ0v) is 19.7. The number of pyridine rings is 1. The Bertz CT molecular complexity index is 1140. The van der Waals surface area contributed by atoms with Crippen LogP contribution in [-0.4, -0.2) is 60.1 Å². The van der Waals surface area contributed by atoms with Gasteiger partial charge in [-0.2, -0.15) is 0 Å². The van der Waals surface area contributed by atoms with Crippen molar-refractivity contribution in [3.05, 3.63) is 52.3 Å². The van der Waals surface area contributed by atoms with Crippen LogP contribution in [-0.2, 0) is 11.3 Å². The van der Waals surface area contributed by atoms with Crippen LogP contribution in [0, 0.1) is 5.41 Å². The maximum absolute atomic E-state index is 13.1. The Morgan fingerprint density at radius 2 is 1.94 bits per heavy atom. The number of ketones is 1. The summed E-state index contributed by atoms with van der Waals surface area (Å²) >= 11 is 0. The topological polar surface area (TPSA) is 148 Å². The molecule has 2 amide bonds. The van der Waals surface area contributed by atoms with Gasteiger partial charge in [0, 0.05) is 24.7 Å². The van der Waals surface area contributed by atoms with Crippen molar-refractivity contribution < 1.29 is 23.9 Å². The molecule has 1 aliphatic heterocycles. The summed E-state index contributed by atoms with van der Waals surface area (Å²) < 4.78 is 11.0. The van der Waals surface area contributed by atoms with Crippen molar-refractivity contribution in [1.29, 1.82) is 5.41 Å². The van der Waals surface area contributed by atoms with Crippen LogP contribution in [0.1, 0.15) is 64.4 Å². The molecule has 3 rings (SSSR count). The predicted molar refractivity (Wildman–Crippen MR) is 126 cm³/mol. The van der Waals surface area contributed by atoms with Gasteiger partial charge in [-0.1, -0.05) is 13.8 Å². The second kappa shape index (κ2) is 10.3. The molecule has 0 saturated carbocycles. The molecule has 34 heavy (non-hydrogen) atoms. The summed E-state index contributed by atoms with van der Waals surface area (Å²) in [5.41, 5.74) is 7.59. The quantitative estimate of drug-likeness (QED) is 0.452. The minimum atomic E-state index is -0.581. The summed E-state index contributed by atoms with van der Waals surface area (Å²) in [7, 11) is 1.50. The maximum Gasteiger partial charge on any atom is 0.273 e. The molecule has 0 bridgehead atoms. The number of Topliss-reactive ketones (excluding diaryl/α,β-unsaturated/α-hetero) is 1. The Kier molecular flexibility index (Phi) is 7.50. The number of amides is 2. The molecule has 0 unspecified atom stereocenters. The monoisotopic (exact) mass is 467 g/mol. The summed E-state index contributed by atoms with van der Waals surface area (Å²) in [4.78, 5) is 42.3. The van der Waals surface area contributed by atoms with Crippen LogP contribution in [0.15, 0.2) is 24.3 Å². The average molecular weight is 468 g/mol. The van der Waals surface area contributed by atoms with Gasteiger partial charge in [0.25, 0.3) is 11.8 Å². The van der Waals surface area contributed by atoms with E-state index in [1.807, 2.05) is 20.8 Å². The van der Waals surface area contributed by atoms with Crippen molar-refractivity contribution in [1.82, 2.24) is 15.2 Å². The molecule has 10 nitrogen and oxygen atoms in total. The van der Waals surface area contributed by atoms with Crippen LogP contribution < -0.4 is 20.5 Å². The van der Waals surface area contributed by atoms with E-state index >= 15 is 0 Å². The fourth-order valence-corrected chi connectivity index (χ4v) is 3.69. The molecule has 0 radical (unpaired) electrons. The molecule has 0 spiro atoms. The molecule has 4 N–H and O–H groups in total. The van der Waals surface area contributed by atoms with E-state index < -0.39 is 11.8 Å². The number of rotatable bonds is 10. The second-order valence-electron chi connectivity index (χ2n) is 8.15. The number of nitrogens with one attached hydrogen (secondary N) is 2. The average Bonchev–Trinajstić information content (AvgIpc) is 3.10. The van der Waals surface area contributed by atoms with E-state index in [4.69, 9.17) is 20.6 Å². The van der Waals surface area contributed by atoms with E-state index in [9.17, 15) is 14.4 Å². The third-order valence-electron chi connectivity index (χ3n) is 5.37. The Hall–Kier alpha value is -3.95. The number of primary amides is 1. The summed E-state index contributed by atoms with van der Waals surface area (Å²) in [5, 5.41) is 11.1. The van der Waals surface area contributed by atoms with Crippen molar-refractivity contribution in [2.45, 2.75) is 33.2 Å². The Morgan fingerprint density at radius 3 is 2.56 bits per heavy atom. The fourth-order valence-electron chi connectivity index (χ4n) is 3.69. The van der Waals surface area contributed by atoms with Crippen LogP contribution in [0.3, 0.4) is 0 Å².